The Balaban J connectivity index is 1.36. The molecule has 0 unspecified atom stereocenters. The van der Waals surface area contributed by atoms with Crippen LogP contribution in [0.4, 0.5) is 5.69 Å². The second-order valence-electron chi connectivity index (χ2n) is 10.3. The fraction of sp³-hybridized carbons (Fsp3) is 0.400. The zero-order valence-electron chi connectivity index (χ0n) is 23.1. The first kappa shape index (κ1) is 28.2. The molecule has 0 aliphatic carbocycles. The Morgan fingerprint density at radius 3 is 2.73 bits per heavy atom. The zero-order chi connectivity index (χ0) is 28.2. The quantitative estimate of drug-likeness (QED) is 0.217. The third kappa shape index (κ3) is 6.02. The van der Waals surface area contributed by atoms with Crippen LogP contribution in [0.5, 0.6) is 5.75 Å². The molecular weight excluding hydrogens is 530 g/mol. The van der Waals surface area contributed by atoms with Gasteiger partial charge in [0.15, 0.2) is 0 Å². The molecule has 1 fully saturated rings. The van der Waals surface area contributed by atoms with E-state index in [-0.39, 0.29) is 12.1 Å². The number of aliphatic hydroxyl groups is 1. The molecule has 4 N–H and O–H groups in total. The summed E-state index contributed by atoms with van der Waals surface area (Å²) in [7, 11) is 3.29. The van der Waals surface area contributed by atoms with Crippen LogP contribution >= 0.6 is 11.6 Å². The maximum Gasteiger partial charge on any atom is 0.261 e. The van der Waals surface area contributed by atoms with Crippen LogP contribution in [0.2, 0.25) is 5.02 Å². The van der Waals surface area contributed by atoms with Gasteiger partial charge in [-0.2, -0.15) is 0 Å². The van der Waals surface area contributed by atoms with E-state index in [0.29, 0.717) is 39.3 Å². The lowest BCUT2D eigenvalue weighted by molar-refractivity contribution is 0.130. The van der Waals surface area contributed by atoms with E-state index in [0.717, 1.165) is 55.7 Å². The van der Waals surface area contributed by atoms with Crippen LogP contribution in [-0.2, 0) is 4.74 Å². The molecule has 0 amide bonds. The summed E-state index contributed by atoms with van der Waals surface area (Å²) < 4.78 is 10.4. The fourth-order valence-electron chi connectivity index (χ4n) is 5.46. The molecule has 3 heterocycles. The first-order valence-electron chi connectivity index (χ1n) is 13.6. The number of imidazole rings is 1. The number of ether oxygens (including phenoxy) is 2. The molecule has 40 heavy (non-hydrogen) atoms. The number of anilines is 1. The molecule has 1 atom stereocenters. The highest BCUT2D eigenvalue weighted by Crippen LogP contribution is 2.33. The molecule has 1 aliphatic rings. The van der Waals surface area contributed by atoms with Gasteiger partial charge in [0, 0.05) is 26.4 Å². The van der Waals surface area contributed by atoms with Crippen LogP contribution in [0.25, 0.3) is 22.4 Å². The van der Waals surface area contributed by atoms with Crippen molar-refractivity contribution in [2.75, 3.05) is 52.3 Å². The fourth-order valence-corrected chi connectivity index (χ4v) is 5.72. The van der Waals surface area contributed by atoms with E-state index >= 15 is 0 Å². The number of aromatic amines is 2. The van der Waals surface area contributed by atoms with Crippen LogP contribution < -0.4 is 15.6 Å². The average molecular weight is 566 g/mol. The number of aromatic nitrogens is 3. The van der Waals surface area contributed by atoms with Crippen molar-refractivity contribution in [3.05, 3.63) is 74.7 Å². The van der Waals surface area contributed by atoms with Gasteiger partial charge in [0.05, 0.1) is 41.6 Å². The van der Waals surface area contributed by atoms with Gasteiger partial charge in [-0.3, -0.25) is 4.79 Å². The van der Waals surface area contributed by atoms with Gasteiger partial charge in [-0.1, -0.05) is 23.7 Å². The van der Waals surface area contributed by atoms with Crippen LogP contribution in [0.15, 0.2) is 47.4 Å². The second kappa shape index (κ2) is 12.4. The minimum atomic E-state index is -0.850. The Hall–Kier alpha value is -3.37. The largest absolute Gasteiger partial charge is 0.495 e. The van der Waals surface area contributed by atoms with E-state index in [1.54, 1.807) is 44.7 Å². The minimum absolute atomic E-state index is 0.172. The molecule has 9 nitrogen and oxygen atoms in total. The number of rotatable bonds is 10. The highest BCUT2D eigenvalue weighted by molar-refractivity contribution is 6.32. The zero-order valence-corrected chi connectivity index (χ0v) is 23.8. The molecule has 0 saturated carbocycles. The second-order valence-corrected chi connectivity index (χ2v) is 10.7. The van der Waals surface area contributed by atoms with Crippen molar-refractivity contribution in [2.24, 2.45) is 0 Å². The van der Waals surface area contributed by atoms with Gasteiger partial charge in [0.25, 0.3) is 5.56 Å². The number of H-pyrrole nitrogens is 2. The number of methoxy groups -OCH3 is 2. The molecular formula is C30H36ClN5O4. The van der Waals surface area contributed by atoms with Crippen LogP contribution in [-0.4, -0.2) is 72.0 Å². The molecule has 0 spiro atoms. The number of nitrogens with one attached hydrogen (secondary N) is 3. The number of hydrogen-bond acceptors (Lipinski definition) is 7. The molecule has 10 heteroatoms. The Labute approximate surface area is 238 Å². The average Bonchev–Trinajstić information content (AvgIpc) is 3.39. The Bertz CT molecular complexity index is 1530. The van der Waals surface area contributed by atoms with Gasteiger partial charge in [0.1, 0.15) is 17.1 Å². The topological polar surface area (TPSA) is 116 Å². The summed E-state index contributed by atoms with van der Waals surface area (Å²) in [5.41, 5.74) is 5.47. The van der Waals surface area contributed by atoms with Crippen molar-refractivity contribution >= 4 is 28.3 Å². The SMILES string of the molecule is COCCN1CCC(c2cc(C)c3nc(-c4c(NC[C@@H](O)c5ccc(OC)c(Cl)c5)cc[nH]c4=O)[nH]c3c2)CC1. The number of nitrogens with zero attached hydrogens (tertiary/aromatic N) is 2. The first-order chi connectivity index (χ1) is 19.4. The van der Waals surface area contributed by atoms with Crippen molar-refractivity contribution in [3.8, 4) is 17.1 Å². The van der Waals surface area contributed by atoms with Crippen molar-refractivity contribution in [1.29, 1.82) is 0 Å². The van der Waals surface area contributed by atoms with Gasteiger partial charge < -0.3 is 34.8 Å². The van der Waals surface area contributed by atoms with E-state index in [9.17, 15) is 9.90 Å². The van der Waals surface area contributed by atoms with Gasteiger partial charge in [0.2, 0.25) is 0 Å². The lowest BCUT2D eigenvalue weighted by Gasteiger charge is -2.32. The molecule has 0 radical (unpaired) electrons. The molecule has 1 saturated heterocycles. The molecule has 212 valence electrons. The summed E-state index contributed by atoms with van der Waals surface area (Å²) in [4.78, 5) is 26.4. The molecule has 2 aromatic carbocycles. The predicted molar refractivity (Wildman–Crippen MR) is 159 cm³/mol. The summed E-state index contributed by atoms with van der Waals surface area (Å²) in [6.07, 6.45) is 2.93. The summed E-state index contributed by atoms with van der Waals surface area (Å²) in [5, 5.41) is 14.4. The molecule has 0 bridgehead atoms. The smallest absolute Gasteiger partial charge is 0.261 e. The number of halogens is 1. The standard InChI is InChI=1S/C30H36ClN5O4/c1-18-14-21(19-7-10-36(11-8-19)12-13-39-2)16-24-28(18)35-29(34-24)27-23(6-9-32-30(27)38)33-17-25(37)20-4-5-26(40-3)22(31)15-20/h4-6,9,14-16,19,25,37H,7-8,10-13,17H2,1-3H3,(H,34,35)(H2,32,33,38)/t25-/m1/s1. The molecule has 5 rings (SSSR count). The number of likely N-dealkylation sites (tertiary alicyclic amines) is 1. The lowest BCUT2D eigenvalue weighted by atomic mass is 9.88. The van der Waals surface area contributed by atoms with Crippen LogP contribution in [0.1, 0.15) is 41.6 Å². The maximum absolute atomic E-state index is 13.0. The van der Waals surface area contributed by atoms with Crippen molar-refractivity contribution in [2.45, 2.75) is 31.8 Å². The number of aliphatic hydroxyl groups excluding tert-OH is 1. The summed E-state index contributed by atoms with van der Waals surface area (Å²) in [6, 6.07) is 11.3. The highest BCUT2D eigenvalue weighted by atomic mass is 35.5. The number of pyridine rings is 1. The van der Waals surface area contributed by atoms with Gasteiger partial charge in [-0.25, -0.2) is 4.98 Å². The van der Waals surface area contributed by atoms with Crippen molar-refractivity contribution in [1.82, 2.24) is 19.9 Å². The Kier molecular flexibility index (Phi) is 8.75. The lowest BCUT2D eigenvalue weighted by Crippen LogP contribution is -2.35. The number of aryl methyl sites for hydroxylation is 1. The first-order valence-corrected chi connectivity index (χ1v) is 13.9. The number of benzene rings is 2. The third-order valence-corrected chi connectivity index (χ3v) is 8.01. The van der Waals surface area contributed by atoms with Crippen LogP contribution in [0, 0.1) is 6.92 Å². The predicted octanol–water partition coefficient (Wildman–Crippen LogP) is 4.86. The molecule has 4 aromatic rings. The normalized spacial score (nSPS) is 15.4. The van der Waals surface area contributed by atoms with Crippen molar-refractivity contribution in [3.63, 3.8) is 0 Å². The molecule has 2 aromatic heterocycles. The summed E-state index contributed by atoms with van der Waals surface area (Å²) in [6.45, 7) is 6.08. The van der Waals surface area contributed by atoms with Crippen LogP contribution in [0.3, 0.4) is 0 Å². The Morgan fingerprint density at radius 2 is 2.00 bits per heavy atom. The third-order valence-electron chi connectivity index (χ3n) is 7.71. The highest BCUT2D eigenvalue weighted by Gasteiger charge is 2.23. The van der Waals surface area contributed by atoms with E-state index in [2.05, 4.69) is 39.2 Å². The number of fused-ring (bicyclic) bond motifs is 1. The van der Waals surface area contributed by atoms with E-state index in [1.807, 2.05) is 0 Å². The molecule has 1 aliphatic heterocycles. The van der Waals surface area contributed by atoms with E-state index < -0.39 is 6.10 Å². The van der Waals surface area contributed by atoms with E-state index in [1.165, 1.54) is 5.56 Å². The van der Waals surface area contributed by atoms with E-state index in [4.69, 9.17) is 26.1 Å². The summed E-state index contributed by atoms with van der Waals surface area (Å²) in [5.74, 6) is 1.51. The minimum Gasteiger partial charge on any atom is -0.495 e. The van der Waals surface area contributed by atoms with Gasteiger partial charge >= 0.3 is 0 Å². The number of hydrogen-bond donors (Lipinski definition) is 4. The summed E-state index contributed by atoms with van der Waals surface area (Å²) >= 11 is 6.23. The Morgan fingerprint density at radius 1 is 1.20 bits per heavy atom. The van der Waals surface area contributed by atoms with Gasteiger partial charge in [-0.15, -0.1) is 0 Å². The monoisotopic (exact) mass is 565 g/mol. The maximum atomic E-state index is 13.0. The van der Waals surface area contributed by atoms with Crippen molar-refractivity contribution < 1.29 is 14.6 Å². The number of piperidine rings is 1. The van der Waals surface area contributed by atoms with Gasteiger partial charge in [-0.05, 0) is 79.7 Å².